The molecule has 0 unspecified atom stereocenters. The fraction of sp³-hybridized carbons (Fsp3) is 0.333. The summed E-state index contributed by atoms with van der Waals surface area (Å²) in [6.45, 7) is -0.0249. The number of fused-ring (bicyclic) bond motifs is 2. The normalized spacial score (nSPS) is 18.6. The second-order valence-electron chi connectivity index (χ2n) is 8.68. The lowest BCUT2D eigenvalue weighted by Crippen LogP contribution is -2.64. The van der Waals surface area contributed by atoms with Crippen LogP contribution in [0.3, 0.4) is 0 Å². The first-order chi connectivity index (χ1) is 17.7. The molecule has 13 nitrogen and oxygen atoms in total. The molecule has 194 valence electrons. The van der Waals surface area contributed by atoms with Gasteiger partial charge in [0.15, 0.2) is 0 Å². The average Bonchev–Trinajstić information content (AvgIpc) is 3.00. The molecule has 2 fully saturated rings. The molecule has 0 spiro atoms. The van der Waals surface area contributed by atoms with Gasteiger partial charge in [-0.1, -0.05) is 30.3 Å². The first kappa shape index (κ1) is 25.4. The molecule has 2 aromatic rings. The Kier molecular flexibility index (Phi) is 7.22. The highest BCUT2D eigenvalue weighted by Gasteiger charge is 2.44. The molecule has 4 N–H and O–H groups in total. The van der Waals surface area contributed by atoms with Crippen LogP contribution in [0.25, 0.3) is 10.8 Å². The molecule has 0 aliphatic carbocycles. The van der Waals surface area contributed by atoms with E-state index in [2.05, 4.69) is 10.7 Å². The molecule has 2 atom stereocenters. The molecule has 0 radical (unpaired) electrons. The fourth-order valence-electron chi connectivity index (χ4n) is 4.44. The zero-order chi connectivity index (χ0) is 26.7. The summed E-state index contributed by atoms with van der Waals surface area (Å²) in [5, 5.41) is 26.0. The van der Waals surface area contributed by atoms with Crippen LogP contribution in [-0.2, 0) is 19.2 Å². The van der Waals surface area contributed by atoms with Gasteiger partial charge < -0.3 is 20.3 Å². The maximum atomic E-state index is 13.5. The predicted molar refractivity (Wildman–Crippen MR) is 127 cm³/mol. The molecule has 2 aliphatic heterocycles. The molecule has 0 saturated carbocycles. The fourth-order valence-corrected chi connectivity index (χ4v) is 4.44. The number of carbonyl (C=O) groups is 6. The minimum absolute atomic E-state index is 0.0886. The van der Waals surface area contributed by atoms with Crippen LogP contribution in [0.4, 0.5) is 4.79 Å². The molecule has 2 aliphatic rings. The first-order valence-corrected chi connectivity index (χ1v) is 11.6. The van der Waals surface area contributed by atoms with E-state index < -0.39 is 48.2 Å². The van der Waals surface area contributed by atoms with Crippen LogP contribution in [0.2, 0.25) is 0 Å². The van der Waals surface area contributed by atoms with Crippen molar-refractivity contribution in [2.45, 2.75) is 37.8 Å². The molecule has 37 heavy (non-hydrogen) atoms. The highest BCUT2D eigenvalue weighted by atomic mass is 16.4. The largest absolute Gasteiger partial charge is 0.506 e. The number of benzene rings is 2. The Bertz CT molecular complexity index is 1280. The SMILES string of the molecule is O=C[C@H](CC(=O)O)NC(=O)[C@@H]1CCCN2C(=O)CCN(NC(=O)c3ccc4ccccc4c3O)C(=O)N12. The number of hydrogen-bond acceptors (Lipinski definition) is 7. The standard InChI is InChI=1S/C24H25N5O8/c30-13-15(12-20(32)33)25-23(36)18-6-3-10-28-19(31)9-11-27(24(37)29(18)28)26-22(35)17-8-7-14-4-1-2-5-16(14)21(17)34/h1-2,4-5,7-8,13,15,18,34H,3,6,9-12H2,(H,25,36)(H,26,35)(H,32,33)/t15-,18-/m0/s1. The van der Waals surface area contributed by atoms with Crippen molar-refractivity contribution in [2.75, 3.05) is 13.1 Å². The molecule has 0 bridgehead atoms. The molecule has 5 amide bonds. The third-order valence-electron chi connectivity index (χ3n) is 6.24. The van der Waals surface area contributed by atoms with Crippen molar-refractivity contribution in [1.29, 1.82) is 0 Å². The lowest BCUT2D eigenvalue weighted by molar-refractivity contribution is -0.155. The lowest BCUT2D eigenvalue weighted by atomic mass is 10.1. The van der Waals surface area contributed by atoms with E-state index in [1.165, 1.54) is 6.07 Å². The molecule has 2 saturated heterocycles. The summed E-state index contributed by atoms with van der Waals surface area (Å²) in [7, 11) is 0. The van der Waals surface area contributed by atoms with Gasteiger partial charge in [-0.15, -0.1) is 0 Å². The Labute approximate surface area is 210 Å². The van der Waals surface area contributed by atoms with Gasteiger partial charge in [-0.25, -0.2) is 19.8 Å². The van der Waals surface area contributed by atoms with Crippen molar-refractivity contribution in [1.82, 2.24) is 25.8 Å². The van der Waals surface area contributed by atoms with E-state index in [-0.39, 0.29) is 43.5 Å². The summed E-state index contributed by atoms with van der Waals surface area (Å²) in [5.74, 6) is -3.62. The third kappa shape index (κ3) is 5.15. The van der Waals surface area contributed by atoms with E-state index in [0.717, 1.165) is 15.0 Å². The van der Waals surface area contributed by atoms with Crippen molar-refractivity contribution in [3.63, 3.8) is 0 Å². The van der Waals surface area contributed by atoms with E-state index in [1.807, 2.05) is 0 Å². The minimum Gasteiger partial charge on any atom is -0.506 e. The highest BCUT2D eigenvalue weighted by Crippen LogP contribution is 2.29. The maximum absolute atomic E-state index is 13.5. The van der Waals surface area contributed by atoms with Crippen molar-refractivity contribution in [3.8, 4) is 5.75 Å². The number of carboxylic acid groups (broad SMARTS) is 1. The molecule has 4 rings (SSSR count). The number of urea groups is 1. The second kappa shape index (κ2) is 10.5. The predicted octanol–water partition coefficient (Wildman–Crippen LogP) is 0.382. The van der Waals surface area contributed by atoms with Crippen LogP contribution in [0.1, 0.15) is 36.0 Å². The highest BCUT2D eigenvalue weighted by molar-refractivity contribution is 6.04. The summed E-state index contributed by atoms with van der Waals surface area (Å²) < 4.78 is 0. The molecule has 2 aromatic carbocycles. The number of amides is 5. The van der Waals surface area contributed by atoms with Crippen LogP contribution in [-0.4, -0.2) is 86.4 Å². The first-order valence-electron chi connectivity index (χ1n) is 11.6. The quantitative estimate of drug-likeness (QED) is 0.386. The summed E-state index contributed by atoms with van der Waals surface area (Å²) in [6.07, 6.45) is 0.0277. The van der Waals surface area contributed by atoms with Crippen molar-refractivity contribution >= 4 is 46.8 Å². The molecule has 13 heteroatoms. The Balaban J connectivity index is 1.57. The minimum atomic E-state index is -1.31. The van der Waals surface area contributed by atoms with Gasteiger partial charge >= 0.3 is 12.0 Å². The third-order valence-corrected chi connectivity index (χ3v) is 6.24. The summed E-state index contributed by atoms with van der Waals surface area (Å²) in [4.78, 5) is 74.4. The van der Waals surface area contributed by atoms with E-state index in [4.69, 9.17) is 5.11 Å². The summed E-state index contributed by atoms with van der Waals surface area (Å²) >= 11 is 0. The van der Waals surface area contributed by atoms with Gasteiger partial charge in [0.25, 0.3) is 5.91 Å². The number of carbonyl (C=O) groups excluding carboxylic acids is 5. The van der Waals surface area contributed by atoms with Crippen LogP contribution in [0, 0.1) is 0 Å². The van der Waals surface area contributed by atoms with Crippen LogP contribution >= 0.6 is 0 Å². The van der Waals surface area contributed by atoms with Crippen molar-refractivity contribution in [3.05, 3.63) is 42.0 Å². The maximum Gasteiger partial charge on any atom is 0.358 e. The lowest BCUT2D eigenvalue weighted by Gasteiger charge is -2.42. The van der Waals surface area contributed by atoms with Crippen LogP contribution in [0.15, 0.2) is 36.4 Å². The Morgan fingerprint density at radius 2 is 1.86 bits per heavy atom. The van der Waals surface area contributed by atoms with Crippen LogP contribution in [0.5, 0.6) is 5.75 Å². The number of phenols is 1. The van der Waals surface area contributed by atoms with Gasteiger partial charge in [-0.3, -0.25) is 24.6 Å². The van der Waals surface area contributed by atoms with E-state index >= 15 is 0 Å². The number of rotatable bonds is 7. The number of nitrogens with one attached hydrogen (secondary N) is 2. The number of hydrogen-bond donors (Lipinski definition) is 4. The number of carboxylic acids is 1. The van der Waals surface area contributed by atoms with Gasteiger partial charge in [0.05, 0.1) is 24.6 Å². The molecular weight excluding hydrogens is 486 g/mol. The monoisotopic (exact) mass is 511 g/mol. The Hall–Kier alpha value is -4.68. The van der Waals surface area contributed by atoms with E-state index in [9.17, 15) is 33.9 Å². The molecule has 0 aromatic heterocycles. The van der Waals surface area contributed by atoms with Crippen molar-refractivity contribution in [2.24, 2.45) is 0 Å². The number of aromatic hydroxyl groups is 1. The Morgan fingerprint density at radius 1 is 1.11 bits per heavy atom. The topological polar surface area (TPSA) is 177 Å². The van der Waals surface area contributed by atoms with Gasteiger partial charge in [-0.05, 0) is 24.3 Å². The smallest absolute Gasteiger partial charge is 0.358 e. The number of hydrazine groups is 2. The zero-order valence-electron chi connectivity index (χ0n) is 19.6. The van der Waals surface area contributed by atoms with Gasteiger partial charge in [0.2, 0.25) is 11.8 Å². The number of aldehydes is 1. The van der Waals surface area contributed by atoms with Gasteiger partial charge in [-0.2, -0.15) is 0 Å². The van der Waals surface area contributed by atoms with Gasteiger partial charge in [0.1, 0.15) is 18.1 Å². The zero-order valence-corrected chi connectivity index (χ0v) is 19.6. The number of aliphatic carboxylic acids is 1. The number of phenolic OH excluding ortho intramolecular Hbond substituents is 1. The van der Waals surface area contributed by atoms with Crippen LogP contribution < -0.4 is 10.7 Å². The second-order valence-corrected chi connectivity index (χ2v) is 8.68. The average molecular weight is 511 g/mol. The molecular formula is C24H25N5O8. The van der Waals surface area contributed by atoms with Crippen molar-refractivity contribution < 1.29 is 39.0 Å². The van der Waals surface area contributed by atoms with E-state index in [1.54, 1.807) is 30.3 Å². The summed E-state index contributed by atoms with van der Waals surface area (Å²) in [5.41, 5.74) is 2.33. The number of nitrogens with zero attached hydrogens (tertiary/aromatic N) is 3. The van der Waals surface area contributed by atoms with Gasteiger partial charge in [0, 0.05) is 18.4 Å². The Morgan fingerprint density at radius 3 is 2.59 bits per heavy atom. The molecule has 2 heterocycles. The van der Waals surface area contributed by atoms with E-state index in [0.29, 0.717) is 17.2 Å². The summed E-state index contributed by atoms with van der Waals surface area (Å²) in [6, 6.07) is 6.56.